The highest BCUT2D eigenvalue weighted by Gasteiger charge is 2.25. The fourth-order valence-electron chi connectivity index (χ4n) is 3.64. The molecule has 2 heterocycles. The minimum atomic E-state index is -3.62. The van der Waals surface area contributed by atoms with Crippen LogP contribution < -0.4 is 19.5 Å². The quantitative estimate of drug-likeness (QED) is 0.800. The number of rotatable bonds is 6. The van der Waals surface area contributed by atoms with Crippen LogP contribution in [0.3, 0.4) is 0 Å². The maximum absolute atomic E-state index is 11.1. The summed E-state index contributed by atoms with van der Waals surface area (Å²) in [5.41, 5.74) is 2.11. The van der Waals surface area contributed by atoms with Crippen LogP contribution in [-0.2, 0) is 10.2 Å². The van der Waals surface area contributed by atoms with Crippen molar-refractivity contribution in [3.8, 4) is 5.75 Å². The van der Waals surface area contributed by atoms with Crippen molar-refractivity contribution in [2.75, 3.05) is 31.6 Å². The van der Waals surface area contributed by atoms with Crippen LogP contribution in [0.1, 0.15) is 19.8 Å². The molecule has 1 atom stereocenters. The van der Waals surface area contributed by atoms with E-state index in [2.05, 4.69) is 33.7 Å². The highest BCUT2D eigenvalue weighted by molar-refractivity contribution is 7.87. The highest BCUT2D eigenvalue weighted by Crippen LogP contribution is 2.32. The molecule has 2 aromatic rings. The van der Waals surface area contributed by atoms with Gasteiger partial charge in [0.1, 0.15) is 5.75 Å². The molecule has 1 saturated heterocycles. The SMILES string of the molecule is COc1ccc2c(N3CCC(C(C)CNS(N)(=O)=O)CC3)ccnc2c1. The standard InChI is InChI=1S/C18H26N4O3S/c1-13(12-21-26(19,23)24)14-6-9-22(10-7-14)18-5-8-20-17-11-15(25-2)3-4-16(17)18/h3-5,8,11,13-14,21H,6-7,9-10,12H2,1-2H3,(H2,19,23,24). The van der Waals surface area contributed by atoms with Crippen LogP contribution in [0.25, 0.3) is 10.9 Å². The van der Waals surface area contributed by atoms with Crippen LogP contribution >= 0.6 is 0 Å². The van der Waals surface area contributed by atoms with Crippen LogP contribution in [0.4, 0.5) is 5.69 Å². The number of anilines is 1. The molecule has 0 saturated carbocycles. The Bertz CT molecular complexity index is 864. The maximum atomic E-state index is 11.1. The number of benzene rings is 1. The van der Waals surface area contributed by atoms with Crippen molar-refractivity contribution in [1.29, 1.82) is 0 Å². The maximum Gasteiger partial charge on any atom is 0.274 e. The van der Waals surface area contributed by atoms with Gasteiger partial charge in [-0.1, -0.05) is 6.92 Å². The zero-order valence-electron chi connectivity index (χ0n) is 15.2. The van der Waals surface area contributed by atoms with Crippen LogP contribution in [-0.4, -0.2) is 40.1 Å². The number of piperidine rings is 1. The fourth-order valence-corrected chi connectivity index (χ4v) is 4.13. The molecule has 0 radical (unpaired) electrons. The van der Waals surface area contributed by atoms with Crippen LogP contribution in [0.15, 0.2) is 30.5 Å². The van der Waals surface area contributed by atoms with E-state index in [1.807, 2.05) is 18.3 Å². The second-order valence-electron chi connectivity index (χ2n) is 6.91. The molecule has 3 N–H and O–H groups in total. The Balaban J connectivity index is 1.67. The average Bonchev–Trinajstić information content (AvgIpc) is 2.64. The first-order valence-corrected chi connectivity index (χ1v) is 10.4. The third-order valence-corrected chi connectivity index (χ3v) is 5.79. The van der Waals surface area contributed by atoms with Crippen molar-refractivity contribution in [1.82, 2.24) is 9.71 Å². The lowest BCUT2D eigenvalue weighted by Crippen LogP contribution is -2.40. The molecule has 8 heteroatoms. The van der Waals surface area contributed by atoms with E-state index in [-0.39, 0.29) is 5.92 Å². The number of nitrogens with two attached hydrogens (primary N) is 1. The summed E-state index contributed by atoms with van der Waals surface area (Å²) in [6.45, 7) is 4.35. The molecular weight excluding hydrogens is 352 g/mol. The lowest BCUT2D eigenvalue weighted by atomic mass is 9.85. The van der Waals surface area contributed by atoms with Crippen molar-refractivity contribution >= 4 is 26.8 Å². The largest absolute Gasteiger partial charge is 0.497 e. The number of hydrogen-bond acceptors (Lipinski definition) is 5. The van der Waals surface area contributed by atoms with Gasteiger partial charge in [-0.15, -0.1) is 0 Å². The van der Waals surface area contributed by atoms with Gasteiger partial charge in [0.2, 0.25) is 0 Å². The number of nitrogens with zero attached hydrogens (tertiary/aromatic N) is 2. The Hall–Kier alpha value is -1.90. The van der Waals surface area contributed by atoms with Gasteiger partial charge < -0.3 is 9.64 Å². The molecule has 26 heavy (non-hydrogen) atoms. The van der Waals surface area contributed by atoms with E-state index in [1.54, 1.807) is 7.11 Å². The summed E-state index contributed by atoms with van der Waals surface area (Å²) < 4.78 is 29.8. The Morgan fingerprint density at radius 3 is 2.73 bits per heavy atom. The third kappa shape index (κ3) is 4.44. The van der Waals surface area contributed by atoms with Gasteiger partial charge >= 0.3 is 0 Å². The number of fused-ring (bicyclic) bond motifs is 1. The topological polar surface area (TPSA) is 97.5 Å². The Morgan fingerprint density at radius 2 is 2.08 bits per heavy atom. The van der Waals surface area contributed by atoms with Gasteiger partial charge in [-0.2, -0.15) is 8.42 Å². The van der Waals surface area contributed by atoms with Gasteiger partial charge in [0.25, 0.3) is 10.2 Å². The van der Waals surface area contributed by atoms with E-state index in [0.717, 1.165) is 42.6 Å². The summed E-state index contributed by atoms with van der Waals surface area (Å²) in [7, 11) is -1.96. The van der Waals surface area contributed by atoms with Gasteiger partial charge in [0.15, 0.2) is 0 Å². The molecule has 3 rings (SSSR count). The summed E-state index contributed by atoms with van der Waals surface area (Å²) in [5.74, 6) is 1.54. The fraction of sp³-hybridized carbons (Fsp3) is 0.500. The second kappa shape index (κ2) is 7.77. The molecule has 1 aliphatic rings. The number of hydrogen-bond donors (Lipinski definition) is 2. The molecule has 1 unspecified atom stereocenters. The van der Waals surface area contributed by atoms with Crippen LogP contribution in [0, 0.1) is 11.8 Å². The second-order valence-corrected chi connectivity index (χ2v) is 8.29. The Kier molecular flexibility index (Phi) is 5.64. The molecule has 0 amide bonds. The third-order valence-electron chi connectivity index (χ3n) is 5.22. The zero-order chi connectivity index (χ0) is 18.7. The minimum absolute atomic E-state index is 0.258. The summed E-state index contributed by atoms with van der Waals surface area (Å²) in [4.78, 5) is 6.83. The molecule has 1 aromatic carbocycles. The first kappa shape index (κ1) is 18.9. The number of nitrogens with one attached hydrogen (secondary N) is 1. The monoisotopic (exact) mass is 378 g/mol. The van der Waals surface area contributed by atoms with Gasteiger partial charge in [0, 0.05) is 43.0 Å². The summed E-state index contributed by atoms with van der Waals surface area (Å²) >= 11 is 0. The zero-order valence-corrected chi connectivity index (χ0v) is 16.0. The first-order chi connectivity index (χ1) is 12.4. The van der Waals surface area contributed by atoms with Crippen molar-refractivity contribution < 1.29 is 13.2 Å². The van der Waals surface area contributed by atoms with Crippen LogP contribution in [0.2, 0.25) is 0 Å². The van der Waals surface area contributed by atoms with Gasteiger partial charge in [-0.25, -0.2) is 9.86 Å². The molecule has 1 aromatic heterocycles. The molecule has 0 spiro atoms. The van der Waals surface area contributed by atoms with E-state index < -0.39 is 10.2 Å². The van der Waals surface area contributed by atoms with E-state index >= 15 is 0 Å². The lowest BCUT2D eigenvalue weighted by Gasteiger charge is -2.36. The summed E-state index contributed by atoms with van der Waals surface area (Å²) in [5, 5.41) is 6.14. The van der Waals surface area contributed by atoms with Gasteiger partial charge in [-0.3, -0.25) is 4.98 Å². The molecule has 0 aliphatic carbocycles. The predicted molar refractivity (Wildman–Crippen MR) is 104 cm³/mol. The van der Waals surface area contributed by atoms with Crippen molar-refractivity contribution in [3.05, 3.63) is 30.5 Å². The molecule has 1 fully saturated rings. The van der Waals surface area contributed by atoms with Crippen molar-refractivity contribution in [2.24, 2.45) is 17.0 Å². The normalized spacial score (nSPS) is 17.4. The minimum Gasteiger partial charge on any atom is -0.497 e. The summed E-state index contributed by atoms with van der Waals surface area (Å²) in [6.07, 6.45) is 3.88. The Morgan fingerprint density at radius 1 is 1.35 bits per heavy atom. The predicted octanol–water partition coefficient (Wildman–Crippen LogP) is 1.89. The van der Waals surface area contributed by atoms with Crippen molar-refractivity contribution in [3.63, 3.8) is 0 Å². The van der Waals surface area contributed by atoms with Crippen LogP contribution in [0.5, 0.6) is 5.75 Å². The van der Waals surface area contributed by atoms with E-state index in [1.165, 1.54) is 5.69 Å². The average molecular weight is 378 g/mol. The number of ether oxygens (including phenoxy) is 1. The molecule has 0 bridgehead atoms. The summed E-state index contributed by atoms with van der Waals surface area (Å²) in [6, 6.07) is 8.02. The molecule has 1 aliphatic heterocycles. The number of pyridine rings is 1. The molecular formula is C18H26N4O3S. The number of methoxy groups -OCH3 is 1. The molecule has 142 valence electrons. The van der Waals surface area contributed by atoms with E-state index in [9.17, 15) is 8.42 Å². The van der Waals surface area contributed by atoms with E-state index in [4.69, 9.17) is 9.88 Å². The van der Waals surface area contributed by atoms with E-state index in [0.29, 0.717) is 12.5 Å². The Labute approximate surface area is 154 Å². The van der Waals surface area contributed by atoms with Gasteiger partial charge in [0.05, 0.1) is 12.6 Å². The first-order valence-electron chi connectivity index (χ1n) is 8.82. The molecule has 7 nitrogen and oxygen atoms in total. The van der Waals surface area contributed by atoms with Crippen molar-refractivity contribution in [2.45, 2.75) is 19.8 Å². The lowest BCUT2D eigenvalue weighted by molar-refractivity contribution is 0.293. The highest BCUT2D eigenvalue weighted by atomic mass is 32.2. The number of aromatic nitrogens is 1. The smallest absolute Gasteiger partial charge is 0.274 e. The van der Waals surface area contributed by atoms with Gasteiger partial charge in [-0.05, 0) is 42.9 Å².